The molecule has 0 saturated carbocycles. The number of benzene rings is 1. The maximum absolute atomic E-state index is 12.9. The maximum Gasteiger partial charge on any atom is 0.419 e. The van der Waals surface area contributed by atoms with Crippen molar-refractivity contribution in [2.45, 2.75) is 79.1 Å². The second-order valence-corrected chi connectivity index (χ2v) is 11.1. The summed E-state index contributed by atoms with van der Waals surface area (Å²) in [5, 5.41) is 3.72. The van der Waals surface area contributed by atoms with Crippen molar-refractivity contribution in [3.8, 4) is 0 Å². The van der Waals surface area contributed by atoms with Crippen LogP contribution in [0.3, 0.4) is 0 Å². The molecule has 35 heavy (non-hydrogen) atoms. The van der Waals surface area contributed by atoms with E-state index in [2.05, 4.69) is 5.32 Å². The Balaban J connectivity index is 2.44. The highest BCUT2D eigenvalue weighted by Gasteiger charge is 2.27. The van der Waals surface area contributed by atoms with Gasteiger partial charge in [0.25, 0.3) is 0 Å². The Morgan fingerprint density at radius 1 is 0.971 bits per heavy atom. The van der Waals surface area contributed by atoms with Crippen molar-refractivity contribution in [3.05, 3.63) is 48.2 Å². The number of ether oxygens (including phenoxy) is 3. The summed E-state index contributed by atoms with van der Waals surface area (Å²) < 4.78 is 17.4. The van der Waals surface area contributed by atoms with Crippen LogP contribution in [0.4, 0.5) is 9.59 Å². The van der Waals surface area contributed by atoms with Crippen molar-refractivity contribution in [1.29, 1.82) is 0 Å². The Hall–Kier alpha value is -3.29. The lowest BCUT2D eigenvalue weighted by Crippen LogP contribution is -2.39. The molecule has 0 aliphatic heterocycles. The lowest BCUT2D eigenvalue weighted by Gasteiger charge is -2.23. The number of alkyl carbamates (subject to hydrolysis) is 1. The van der Waals surface area contributed by atoms with Gasteiger partial charge in [-0.15, -0.1) is 0 Å². The van der Waals surface area contributed by atoms with Crippen LogP contribution in [0, 0.1) is 5.41 Å². The summed E-state index contributed by atoms with van der Waals surface area (Å²) in [6, 6.07) is 6.97. The maximum atomic E-state index is 12.9. The van der Waals surface area contributed by atoms with E-state index in [9.17, 15) is 14.4 Å². The molecule has 0 radical (unpaired) electrons. The van der Waals surface area contributed by atoms with Crippen molar-refractivity contribution in [2.75, 3.05) is 7.11 Å². The van der Waals surface area contributed by atoms with Gasteiger partial charge in [-0.05, 0) is 73.4 Å². The number of nitrogens with zero attached hydrogens (tertiary/aromatic N) is 1. The van der Waals surface area contributed by atoms with Gasteiger partial charge in [0.05, 0.1) is 24.1 Å². The van der Waals surface area contributed by atoms with Gasteiger partial charge in [-0.1, -0.05) is 30.4 Å². The van der Waals surface area contributed by atoms with E-state index in [0.29, 0.717) is 11.9 Å². The molecule has 8 heteroatoms. The average Bonchev–Trinajstić information content (AvgIpc) is 3.07. The Labute approximate surface area is 207 Å². The van der Waals surface area contributed by atoms with E-state index in [-0.39, 0.29) is 0 Å². The summed E-state index contributed by atoms with van der Waals surface area (Å²) in [5.41, 5.74) is -0.686. The van der Waals surface area contributed by atoms with Gasteiger partial charge in [0.1, 0.15) is 11.2 Å². The molecular formula is C27H38N2O6. The summed E-state index contributed by atoms with van der Waals surface area (Å²) in [6.45, 7) is 14.2. The number of esters is 1. The molecule has 8 nitrogen and oxygen atoms in total. The highest BCUT2D eigenvalue weighted by atomic mass is 16.6. The van der Waals surface area contributed by atoms with Crippen LogP contribution in [-0.2, 0) is 25.4 Å². The first kappa shape index (κ1) is 28.0. The SMILES string of the molecule is COC(=O)C(C)(C)C=CC(Cc1cn(C(=O)OC(C)(C)C)c2ccccc12)NC(=O)OC(C)(C)C. The number of carbonyl (C=O) groups excluding carboxylic acids is 3. The van der Waals surface area contributed by atoms with E-state index < -0.39 is 40.8 Å². The minimum atomic E-state index is -0.896. The second-order valence-electron chi connectivity index (χ2n) is 11.1. The predicted octanol–water partition coefficient (Wildman–Crippen LogP) is 5.62. The zero-order valence-electron chi connectivity index (χ0n) is 22.2. The molecule has 1 unspecified atom stereocenters. The highest BCUT2D eigenvalue weighted by Crippen LogP contribution is 2.25. The quantitative estimate of drug-likeness (QED) is 0.324. The lowest BCUT2D eigenvalue weighted by molar-refractivity contribution is -0.148. The number of carbonyl (C=O) groups is 3. The third-order valence-corrected chi connectivity index (χ3v) is 4.98. The normalized spacial score (nSPS) is 13.5. The van der Waals surface area contributed by atoms with Gasteiger partial charge in [0.15, 0.2) is 0 Å². The molecule has 1 atom stereocenters. The third kappa shape index (κ3) is 8.16. The molecule has 1 amide bonds. The Kier molecular flexibility index (Phi) is 8.42. The molecule has 0 bridgehead atoms. The standard InChI is InChI=1S/C27H38N2O6/c1-25(2,3)34-23(31)28-19(14-15-27(7,8)22(30)33-9)16-18-17-29(24(32)35-26(4,5)6)21-13-11-10-12-20(18)21/h10-15,17,19H,16H2,1-9H3,(H,28,31). The number of amides is 1. The molecule has 0 saturated heterocycles. The van der Waals surface area contributed by atoms with Crippen LogP contribution in [-0.4, -0.2) is 47.1 Å². The van der Waals surface area contributed by atoms with Gasteiger partial charge in [-0.25, -0.2) is 9.59 Å². The van der Waals surface area contributed by atoms with Gasteiger partial charge in [-0.3, -0.25) is 9.36 Å². The minimum absolute atomic E-state index is 0.351. The fourth-order valence-electron chi connectivity index (χ4n) is 3.43. The first-order valence-electron chi connectivity index (χ1n) is 11.6. The minimum Gasteiger partial charge on any atom is -0.468 e. The van der Waals surface area contributed by atoms with Crippen molar-refractivity contribution in [3.63, 3.8) is 0 Å². The first-order chi connectivity index (χ1) is 16.0. The number of fused-ring (bicyclic) bond motifs is 1. The lowest BCUT2D eigenvalue weighted by atomic mass is 9.91. The molecule has 2 aromatic rings. The van der Waals surface area contributed by atoms with Crippen molar-refractivity contribution >= 4 is 29.1 Å². The number of rotatable bonds is 6. The summed E-state index contributed by atoms with van der Waals surface area (Å²) in [6.07, 6.45) is 4.46. The van der Waals surface area contributed by atoms with Crippen LogP contribution in [0.25, 0.3) is 10.9 Å². The molecule has 0 fully saturated rings. The number of aromatic nitrogens is 1. The summed E-state index contributed by atoms with van der Waals surface area (Å²) in [4.78, 5) is 37.6. The molecule has 1 N–H and O–H groups in total. The van der Waals surface area contributed by atoms with E-state index in [0.717, 1.165) is 10.9 Å². The fourth-order valence-corrected chi connectivity index (χ4v) is 3.43. The zero-order chi connectivity index (χ0) is 26.6. The van der Waals surface area contributed by atoms with Crippen LogP contribution in [0.5, 0.6) is 0 Å². The van der Waals surface area contributed by atoms with Crippen molar-refractivity contribution in [1.82, 2.24) is 9.88 Å². The first-order valence-corrected chi connectivity index (χ1v) is 11.6. The number of methoxy groups -OCH3 is 1. The van der Waals surface area contributed by atoms with E-state index in [1.807, 2.05) is 45.0 Å². The summed E-state index contributed by atoms with van der Waals surface area (Å²) in [7, 11) is 1.33. The molecular weight excluding hydrogens is 448 g/mol. The van der Waals surface area contributed by atoms with Crippen LogP contribution < -0.4 is 5.32 Å². The van der Waals surface area contributed by atoms with Gasteiger partial charge in [-0.2, -0.15) is 0 Å². The van der Waals surface area contributed by atoms with Crippen LogP contribution in [0.2, 0.25) is 0 Å². The Morgan fingerprint density at radius 2 is 1.57 bits per heavy atom. The van der Waals surface area contributed by atoms with E-state index in [1.54, 1.807) is 53.0 Å². The van der Waals surface area contributed by atoms with Crippen molar-refractivity contribution in [2.24, 2.45) is 5.41 Å². The van der Waals surface area contributed by atoms with Gasteiger partial charge >= 0.3 is 18.2 Å². The molecule has 0 aliphatic carbocycles. The highest BCUT2D eigenvalue weighted by molar-refractivity contribution is 5.92. The van der Waals surface area contributed by atoms with Crippen LogP contribution >= 0.6 is 0 Å². The molecule has 0 aliphatic rings. The van der Waals surface area contributed by atoms with E-state index >= 15 is 0 Å². The smallest absolute Gasteiger partial charge is 0.419 e. The summed E-state index contributed by atoms with van der Waals surface area (Å²) in [5.74, 6) is -0.397. The molecule has 0 spiro atoms. The Bertz CT molecular complexity index is 1100. The van der Waals surface area contributed by atoms with Gasteiger partial charge in [0, 0.05) is 11.6 Å². The van der Waals surface area contributed by atoms with E-state index in [1.165, 1.54) is 11.7 Å². The molecule has 1 aromatic heterocycles. The monoisotopic (exact) mass is 486 g/mol. The second kappa shape index (κ2) is 10.5. The molecule has 1 aromatic carbocycles. The number of nitrogens with one attached hydrogen (secondary N) is 1. The number of hydrogen-bond donors (Lipinski definition) is 1. The van der Waals surface area contributed by atoms with Crippen molar-refractivity contribution < 1.29 is 28.6 Å². The van der Waals surface area contributed by atoms with Crippen LogP contribution in [0.15, 0.2) is 42.6 Å². The number of para-hydroxylation sites is 1. The van der Waals surface area contributed by atoms with E-state index in [4.69, 9.17) is 14.2 Å². The Morgan fingerprint density at radius 3 is 2.14 bits per heavy atom. The number of hydrogen-bond acceptors (Lipinski definition) is 6. The predicted molar refractivity (Wildman–Crippen MR) is 135 cm³/mol. The third-order valence-electron chi connectivity index (χ3n) is 4.98. The molecule has 192 valence electrons. The largest absolute Gasteiger partial charge is 0.468 e. The van der Waals surface area contributed by atoms with Crippen LogP contribution in [0.1, 0.15) is 61.0 Å². The molecule has 1 heterocycles. The zero-order valence-corrected chi connectivity index (χ0v) is 22.2. The average molecular weight is 487 g/mol. The van der Waals surface area contributed by atoms with Gasteiger partial charge < -0.3 is 19.5 Å². The fraction of sp³-hybridized carbons (Fsp3) is 0.519. The summed E-state index contributed by atoms with van der Waals surface area (Å²) >= 11 is 0. The van der Waals surface area contributed by atoms with Gasteiger partial charge in [0.2, 0.25) is 0 Å². The molecule has 2 rings (SSSR count). The topological polar surface area (TPSA) is 95.9 Å².